The summed E-state index contributed by atoms with van der Waals surface area (Å²) in [5, 5.41) is 34.2. The van der Waals surface area contributed by atoms with E-state index in [4.69, 9.17) is 32.5 Å². The maximum Gasteiger partial charge on any atom is 0.329 e. The molecule has 23 nitrogen and oxygen atoms in total. The zero-order valence-corrected chi connectivity index (χ0v) is 43.3. The zero-order chi connectivity index (χ0) is 54.0. The molecular formula is C48H75ClN10O13. The zero-order valence-electron chi connectivity index (χ0n) is 42.5. The normalized spacial score (nSPS) is 24.5. The fraction of sp³-hybridized carbons (Fsp3) is 0.667. The van der Waals surface area contributed by atoms with Crippen LogP contribution >= 0.6 is 11.6 Å². The Balaban J connectivity index is 2.27. The molecule has 402 valence electrons. The lowest BCUT2D eigenvalue weighted by molar-refractivity contribution is -0.168. The van der Waals surface area contributed by atoms with Crippen LogP contribution in [0.1, 0.15) is 118 Å². The van der Waals surface area contributed by atoms with Crippen molar-refractivity contribution in [2.45, 2.75) is 173 Å². The Bertz CT molecular complexity index is 2120. The van der Waals surface area contributed by atoms with Gasteiger partial charge < -0.3 is 67.5 Å². The van der Waals surface area contributed by atoms with Gasteiger partial charge in [-0.15, -0.1) is 0 Å². The number of halogens is 1. The number of carbonyl (C=O) groups is 9. The van der Waals surface area contributed by atoms with Crippen molar-refractivity contribution >= 4 is 70.8 Å². The average molecular weight is 1040 g/mol. The van der Waals surface area contributed by atoms with Crippen molar-refractivity contribution in [1.29, 1.82) is 0 Å². The number of piperidine rings is 1. The number of aliphatic imine (C=N–C) groups is 1. The minimum Gasteiger partial charge on any atom is -0.495 e. The minimum atomic E-state index is -1.83. The standard InChI is InChI=1S/C48H75ClN10O13/c1-9-11-12-15-35(60)53-31(18-21-37(62)63)42(65)57-39-27(6)72-47(70)38(25(3)4)56-43(66)33(24-28-16-19-34(71-8)29(49)23-28)58(7)46(69)40(26(5)10-2)59-36(61)20-17-32(45(59)68)55-41(64)30(54-44(39)67)14-13-22-52-48(50)51/h16,19,23,25-27,30-33,36,38-40,61H,9-15,17-18,20-22,24H2,1-8H3,(H,53,60)(H,54,67)(H,55,64)(H,56,66)(H,57,65)(H,62,63)(H4,50,51,52)/t26-,27-,30+,31+,32+,33+,36-,38?,39+,40+/m1/s1. The fourth-order valence-corrected chi connectivity index (χ4v) is 8.70. The van der Waals surface area contributed by atoms with Crippen molar-refractivity contribution in [1.82, 2.24) is 36.4 Å². The van der Waals surface area contributed by atoms with Crippen LogP contribution in [0.5, 0.6) is 5.75 Å². The second-order valence-corrected chi connectivity index (χ2v) is 19.1. The molecule has 0 saturated carbocycles. The highest BCUT2D eigenvalue weighted by Gasteiger charge is 2.47. The lowest BCUT2D eigenvalue weighted by Crippen LogP contribution is -2.66. The molecule has 2 aliphatic heterocycles. The number of hydrogen-bond acceptors (Lipinski definition) is 13. The average Bonchev–Trinajstić information content (AvgIpc) is 3.32. The third-order valence-electron chi connectivity index (χ3n) is 12.9. The smallest absolute Gasteiger partial charge is 0.329 e. The maximum atomic E-state index is 15.0. The molecule has 1 aromatic rings. The number of esters is 1. The quantitative estimate of drug-likeness (QED) is 0.0374. The summed E-state index contributed by atoms with van der Waals surface area (Å²) in [4.78, 5) is 132. The van der Waals surface area contributed by atoms with Gasteiger partial charge in [0.25, 0.3) is 0 Å². The van der Waals surface area contributed by atoms with Crippen LogP contribution in [0.25, 0.3) is 0 Å². The summed E-state index contributed by atoms with van der Waals surface area (Å²) in [6.45, 7) is 9.89. The van der Waals surface area contributed by atoms with E-state index in [-0.39, 0.29) is 62.5 Å². The summed E-state index contributed by atoms with van der Waals surface area (Å²) in [7, 11) is 2.78. The Morgan fingerprint density at radius 1 is 0.958 bits per heavy atom. The number of amides is 7. The molecule has 2 bridgehead atoms. The number of benzene rings is 1. The molecule has 2 aliphatic rings. The van der Waals surface area contributed by atoms with Gasteiger partial charge in [0, 0.05) is 32.9 Å². The van der Waals surface area contributed by atoms with Gasteiger partial charge in [-0.3, -0.25) is 43.3 Å². The molecule has 0 aromatic heterocycles. The molecule has 24 heteroatoms. The number of cyclic esters (lactones) is 1. The summed E-state index contributed by atoms with van der Waals surface area (Å²) >= 11 is 6.49. The highest BCUT2D eigenvalue weighted by Crippen LogP contribution is 2.29. The molecule has 1 unspecified atom stereocenters. The number of carbonyl (C=O) groups excluding carboxylic acids is 8. The summed E-state index contributed by atoms with van der Waals surface area (Å²) in [6, 6.07) is -5.58. The number of fused-ring (bicyclic) bond motifs is 2. The lowest BCUT2D eigenvalue weighted by atomic mass is 9.91. The molecule has 7 amide bonds. The first-order valence-corrected chi connectivity index (χ1v) is 24.9. The SMILES string of the molecule is CCCCCC(=O)N[C@@H](CCC(=O)O)C(=O)N[C@@H]1C(=O)N[C@@H](CCCN=C(N)N)C(=O)N[C@H]2CC[C@@H](O)N(C2=O)[C@@H]([C@H](C)CC)C(=O)N(C)[C@@H](Cc2ccc(OC)c(Cl)c2)C(=O)NC(C(C)C)C(=O)O[C@@H]1C. The molecule has 3 rings (SSSR count). The van der Waals surface area contributed by atoms with E-state index in [1.165, 1.54) is 21.1 Å². The number of nitrogens with two attached hydrogens (primary N) is 2. The molecule has 72 heavy (non-hydrogen) atoms. The highest BCUT2D eigenvalue weighted by molar-refractivity contribution is 6.32. The van der Waals surface area contributed by atoms with Crippen LogP contribution in [0.3, 0.4) is 0 Å². The summed E-state index contributed by atoms with van der Waals surface area (Å²) in [5.74, 6) is -9.47. The van der Waals surface area contributed by atoms with Crippen molar-refractivity contribution in [3.8, 4) is 5.75 Å². The summed E-state index contributed by atoms with van der Waals surface area (Å²) in [5.41, 5.74) is 11.5. The van der Waals surface area contributed by atoms with Crippen LogP contribution in [0.2, 0.25) is 5.02 Å². The Hall–Kier alpha value is -6.23. The number of guanidine groups is 1. The third kappa shape index (κ3) is 17.2. The number of nitrogens with zero attached hydrogens (tertiary/aromatic N) is 3. The van der Waals surface area contributed by atoms with Gasteiger partial charge in [0.1, 0.15) is 60.4 Å². The van der Waals surface area contributed by atoms with Crippen molar-refractivity contribution < 1.29 is 62.8 Å². The van der Waals surface area contributed by atoms with E-state index in [9.17, 15) is 53.4 Å². The van der Waals surface area contributed by atoms with Crippen molar-refractivity contribution in [2.75, 3.05) is 20.7 Å². The number of carboxylic acid groups (broad SMARTS) is 1. The van der Waals surface area contributed by atoms with Crippen LogP contribution < -0.4 is 42.8 Å². The summed E-state index contributed by atoms with van der Waals surface area (Å²) < 4.78 is 11.2. The number of hydrogen-bond donors (Lipinski definition) is 9. The topological polar surface area (TPSA) is 344 Å². The minimum absolute atomic E-state index is 0.00271. The summed E-state index contributed by atoms with van der Waals surface area (Å²) in [6.07, 6.45) is -2.06. The number of aliphatic hydroxyl groups excluding tert-OH is 1. The first kappa shape index (κ1) is 60.1. The van der Waals surface area contributed by atoms with E-state index >= 15 is 0 Å². The van der Waals surface area contributed by atoms with Crippen LogP contribution in [-0.4, -0.2) is 155 Å². The van der Waals surface area contributed by atoms with Crippen LogP contribution in [0, 0.1) is 11.8 Å². The van der Waals surface area contributed by atoms with Gasteiger partial charge >= 0.3 is 11.9 Å². The molecule has 0 radical (unpaired) electrons. The Morgan fingerprint density at radius 2 is 1.65 bits per heavy atom. The van der Waals surface area contributed by atoms with E-state index in [0.717, 1.165) is 16.2 Å². The van der Waals surface area contributed by atoms with E-state index < -0.39 is 126 Å². The molecule has 0 spiro atoms. The number of nitrogens with one attached hydrogen (secondary N) is 5. The largest absolute Gasteiger partial charge is 0.495 e. The molecular weight excluding hydrogens is 960 g/mol. The van der Waals surface area contributed by atoms with Crippen molar-refractivity contribution in [2.24, 2.45) is 28.3 Å². The number of aliphatic hydroxyl groups is 1. The number of likely N-dealkylation sites (N-methyl/N-ethyl adjacent to an activating group) is 1. The number of carboxylic acids is 1. The maximum absolute atomic E-state index is 15.0. The van der Waals surface area contributed by atoms with Gasteiger partial charge in [-0.2, -0.15) is 0 Å². The number of methoxy groups -OCH3 is 1. The Morgan fingerprint density at radius 3 is 2.25 bits per heavy atom. The Kier molecular flexibility index (Phi) is 24.0. The molecule has 11 N–H and O–H groups in total. The Labute approximate surface area is 425 Å². The van der Waals surface area contributed by atoms with Gasteiger partial charge in [0.15, 0.2) is 5.96 Å². The second kappa shape index (κ2) is 28.7. The second-order valence-electron chi connectivity index (χ2n) is 18.7. The fourth-order valence-electron chi connectivity index (χ4n) is 8.42. The van der Waals surface area contributed by atoms with Gasteiger partial charge in [-0.1, -0.05) is 71.5 Å². The highest BCUT2D eigenvalue weighted by atomic mass is 35.5. The van der Waals surface area contributed by atoms with Gasteiger partial charge in [0.2, 0.25) is 41.4 Å². The lowest BCUT2D eigenvalue weighted by Gasteiger charge is -2.44. The van der Waals surface area contributed by atoms with E-state index in [1.54, 1.807) is 45.9 Å². The van der Waals surface area contributed by atoms with Crippen LogP contribution in [0.4, 0.5) is 0 Å². The van der Waals surface area contributed by atoms with E-state index in [0.29, 0.717) is 30.6 Å². The molecule has 10 atom stereocenters. The predicted octanol–water partition coefficient (Wildman–Crippen LogP) is 0.598. The number of rotatable bonds is 20. The molecule has 0 aliphatic carbocycles. The third-order valence-corrected chi connectivity index (χ3v) is 13.2. The molecule has 2 saturated heterocycles. The molecule has 2 heterocycles. The van der Waals surface area contributed by atoms with Crippen molar-refractivity contribution in [3.05, 3.63) is 28.8 Å². The van der Waals surface area contributed by atoms with E-state index in [2.05, 4.69) is 31.6 Å². The predicted molar refractivity (Wildman–Crippen MR) is 265 cm³/mol. The first-order valence-electron chi connectivity index (χ1n) is 24.5. The van der Waals surface area contributed by atoms with Crippen LogP contribution in [-0.2, 0) is 54.3 Å². The van der Waals surface area contributed by atoms with Gasteiger partial charge in [-0.25, -0.2) is 4.79 Å². The van der Waals surface area contributed by atoms with Gasteiger partial charge in [0.05, 0.1) is 12.1 Å². The molecule has 2 fully saturated rings. The number of aliphatic carboxylic acids is 1. The molecule has 1 aromatic carbocycles. The number of unbranched alkanes of at least 4 members (excludes halogenated alkanes) is 2. The van der Waals surface area contributed by atoms with Crippen molar-refractivity contribution in [3.63, 3.8) is 0 Å². The first-order chi connectivity index (χ1) is 33.9. The van der Waals surface area contributed by atoms with E-state index in [1.807, 2.05) is 6.92 Å². The van der Waals surface area contributed by atoms with Crippen LogP contribution in [0.15, 0.2) is 23.2 Å². The monoisotopic (exact) mass is 1030 g/mol. The number of ether oxygens (including phenoxy) is 2. The van der Waals surface area contributed by atoms with Gasteiger partial charge in [-0.05, 0) is 75.0 Å².